The third-order valence-electron chi connectivity index (χ3n) is 2.92. The zero-order valence-electron chi connectivity index (χ0n) is 10.4. The molecule has 1 unspecified atom stereocenters. The minimum Gasteiger partial charge on any atom is -0.479 e. The van der Waals surface area contributed by atoms with Crippen LogP contribution in [0.5, 0.6) is 0 Å². The number of carbonyl (C=O) groups is 2. The normalized spacial score (nSPS) is 15.6. The average molecular weight is 280 g/mol. The smallest absolute Gasteiger partial charge is 0.331 e. The minimum atomic E-state index is -1.05. The molecule has 6 heteroatoms. The average Bonchev–Trinajstić information content (AvgIpc) is 3.07. The maximum Gasteiger partial charge on any atom is 0.331 e. The van der Waals surface area contributed by atoms with E-state index in [1.54, 1.807) is 28.5 Å². The van der Waals surface area contributed by atoms with Crippen LogP contribution >= 0.6 is 11.3 Å². The van der Waals surface area contributed by atoms with Crippen LogP contribution in [-0.2, 0) is 4.79 Å². The van der Waals surface area contributed by atoms with Crippen molar-refractivity contribution >= 4 is 23.3 Å². The Bertz CT molecular complexity index is 468. The predicted octanol–water partition coefficient (Wildman–Crippen LogP) is 2.23. The van der Waals surface area contributed by atoms with Crippen LogP contribution < -0.4 is 5.32 Å². The Labute approximate surface area is 115 Å². The van der Waals surface area contributed by atoms with Crippen LogP contribution in [0.4, 0.5) is 4.79 Å². The Kier molecular flexibility index (Phi) is 4.21. The SMILES string of the molecule is C=CCN(C(=O)NC(C(=O)O)c1cccs1)C1CC1. The van der Waals surface area contributed by atoms with Gasteiger partial charge in [-0.3, -0.25) is 0 Å². The monoisotopic (exact) mass is 280 g/mol. The summed E-state index contributed by atoms with van der Waals surface area (Å²) < 4.78 is 0. The molecular weight excluding hydrogens is 264 g/mol. The molecular formula is C13H16N2O3S. The van der Waals surface area contributed by atoms with Crippen LogP contribution in [0.2, 0.25) is 0 Å². The number of urea groups is 1. The number of aliphatic carboxylic acids is 1. The van der Waals surface area contributed by atoms with Crippen molar-refractivity contribution in [3.05, 3.63) is 35.0 Å². The third-order valence-corrected chi connectivity index (χ3v) is 3.85. The first-order valence-electron chi connectivity index (χ1n) is 6.07. The number of amides is 2. The van der Waals surface area contributed by atoms with Crippen LogP contribution in [0.3, 0.4) is 0 Å². The van der Waals surface area contributed by atoms with E-state index in [1.165, 1.54) is 11.3 Å². The largest absolute Gasteiger partial charge is 0.479 e. The number of thiophene rings is 1. The van der Waals surface area contributed by atoms with E-state index in [9.17, 15) is 14.7 Å². The zero-order valence-corrected chi connectivity index (χ0v) is 11.2. The molecule has 19 heavy (non-hydrogen) atoms. The lowest BCUT2D eigenvalue weighted by atomic mass is 10.2. The molecule has 1 aromatic rings. The van der Waals surface area contributed by atoms with E-state index in [0.29, 0.717) is 11.4 Å². The lowest BCUT2D eigenvalue weighted by Gasteiger charge is -2.23. The lowest BCUT2D eigenvalue weighted by Crippen LogP contribution is -2.44. The minimum absolute atomic E-state index is 0.218. The highest BCUT2D eigenvalue weighted by molar-refractivity contribution is 7.10. The number of nitrogens with one attached hydrogen (secondary N) is 1. The predicted molar refractivity (Wildman–Crippen MR) is 73.2 cm³/mol. The fraction of sp³-hybridized carbons (Fsp3) is 0.385. The van der Waals surface area contributed by atoms with Gasteiger partial charge in [-0.25, -0.2) is 9.59 Å². The molecule has 0 spiro atoms. The van der Waals surface area contributed by atoms with Crippen LogP contribution in [0, 0.1) is 0 Å². The van der Waals surface area contributed by atoms with Gasteiger partial charge in [0.05, 0.1) is 0 Å². The van der Waals surface area contributed by atoms with Crippen LogP contribution in [-0.4, -0.2) is 34.6 Å². The summed E-state index contributed by atoms with van der Waals surface area (Å²) in [6.45, 7) is 4.06. The van der Waals surface area contributed by atoms with Crippen molar-refractivity contribution in [2.24, 2.45) is 0 Å². The summed E-state index contributed by atoms with van der Waals surface area (Å²) in [4.78, 5) is 25.6. The molecule has 0 radical (unpaired) electrons. The molecule has 102 valence electrons. The Morgan fingerprint density at radius 1 is 1.63 bits per heavy atom. The van der Waals surface area contributed by atoms with Crippen LogP contribution in [0.25, 0.3) is 0 Å². The summed E-state index contributed by atoms with van der Waals surface area (Å²) in [5, 5.41) is 13.6. The molecule has 0 aromatic carbocycles. The summed E-state index contributed by atoms with van der Waals surface area (Å²) >= 11 is 1.32. The fourth-order valence-corrected chi connectivity index (χ4v) is 2.61. The molecule has 1 aromatic heterocycles. The lowest BCUT2D eigenvalue weighted by molar-refractivity contribution is -0.139. The molecule has 2 rings (SSSR count). The summed E-state index contributed by atoms with van der Waals surface area (Å²) in [6.07, 6.45) is 3.59. The van der Waals surface area contributed by atoms with Crippen LogP contribution in [0.1, 0.15) is 23.8 Å². The summed E-state index contributed by atoms with van der Waals surface area (Å²) in [7, 11) is 0. The maximum atomic E-state index is 12.1. The molecule has 1 aliphatic rings. The number of rotatable bonds is 6. The van der Waals surface area contributed by atoms with Gasteiger partial charge in [-0.1, -0.05) is 12.1 Å². The van der Waals surface area contributed by atoms with E-state index in [-0.39, 0.29) is 12.1 Å². The number of carboxylic acids is 1. The molecule has 1 heterocycles. The van der Waals surface area contributed by atoms with E-state index in [4.69, 9.17) is 0 Å². The Balaban J connectivity index is 2.06. The van der Waals surface area contributed by atoms with E-state index >= 15 is 0 Å². The molecule has 2 amide bonds. The molecule has 0 bridgehead atoms. The van der Waals surface area contributed by atoms with E-state index in [2.05, 4.69) is 11.9 Å². The number of hydrogen-bond donors (Lipinski definition) is 2. The molecule has 1 atom stereocenters. The molecule has 1 aliphatic carbocycles. The van der Waals surface area contributed by atoms with Gasteiger partial charge >= 0.3 is 12.0 Å². The maximum absolute atomic E-state index is 12.1. The molecule has 0 aliphatic heterocycles. The van der Waals surface area contributed by atoms with Crippen molar-refractivity contribution in [1.82, 2.24) is 10.2 Å². The van der Waals surface area contributed by atoms with Gasteiger partial charge in [0, 0.05) is 17.5 Å². The highest BCUT2D eigenvalue weighted by Gasteiger charge is 2.34. The fourth-order valence-electron chi connectivity index (χ4n) is 1.84. The van der Waals surface area contributed by atoms with Gasteiger partial charge in [0.1, 0.15) is 0 Å². The second kappa shape index (κ2) is 5.88. The highest BCUT2D eigenvalue weighted by Crippen LogP contribution is 2.27. The molecule has 1 fully saturated rings. The van der Waals surface area contributed by atoms with Crippen molar-refractivity contribution < 1.29 is 14.7 Å². The topological polar surface area (TPSA) is 69.6 Å². The standard InChI is InChI=1S/C13H16N2O3S/c1-2-7-15(9-5-6-9)13(18)14-11(12(16)17)10-4-3-8-19-10/h2-4,8-9,11H,1,5-7H2,(H,14,18)(H,16,17). The Morgan fingerprint density at radius 3 is 2.84 bits per heavy atom. The van der Waals surface area contributed by atoms with Gasteiger partial charge in [-0.15, -0.1) is 17.9 Å². The Hall–Kier alpha value is -1.82. The van der Waals surface area contributed by atoms with E-state index < -0.39 is 12.0 Å². The second-order valence-corrected chi connectivity index (χ2v) is 5.39. The highest BCUT2D eigenvalue weighted by atomic mass is 32.1. The summed E-state index contributed by atoms with van der Waals surface area (Å²) in [5.41, 5.74) is 0. The van der Waals surface area contributed by atoms with Crippen molar-refractivity contribution in [2.75, 3.05) is 6.54 Å². The molecule has 0 saturated heterocycles. The van der Waals surface area contributed by atoms with Gasteiger partial charge in [0.15, 0.2) is 6.04 Å². The van der Waals surface area contributed by atoms with Crippen molar-refractivity contribution in [3.8, 4) is 0 Å². The summed E-state index contributed by atoms with van der Waals surface area (Å²) in [5.74, 6) is -1.05. The van der Waals surface area contributed by atoms with E-state index in [1.807, 2.05) is 0 Å². The molecule has 1 saturated carbocycles. The van der Waals surface area contributed by atoms with Crippen LogP contribution in [0.15, 0.2) is 30.2 Å². The second-order valence-electron chi connectivity index (χ2n) is 4.41. The zero-order chi connectivity index (χ0) is 13.8. The van der Waals surface area contributed by atoms with Gasteiger partial charge in [0.25, 0.3) is 0 Å². The molecule has 5 nitrogen and oxygen atoms in total. The first-order valence-corrected chi connectivity index (χ1v) is 6.95. The Morgan fingerprint density at radius 2 is 2.37 bits per heavy atom. The first kappa shape index (κ1) is 13.6. The summed E-state index contributed by atoms with van der Waals surface area (Å²) in [6, 6.07) is 2.36. The number of hydrogen-bond acceptors (Lipinski definition) is 3. The van der Waals surface area contributed by atoms with Gasteiger partial charge < -0.3 is 15.3 Å². The first-order chi connectivity index (χ1) is 9.13. The van der Waals surface area contributed by atoms with Crippen molar-refractivity contribution in [1.29, 1.82) is 0 Å². The van der Waals surface area contributed by atoms with E-state index in [0.717, 1.165) is 12.8 Å². The van der Waals surface area contributed by atoms with Crippen molar-refractivity contribution in [2.45, 2.75) is 24.9 Å². The van der Waals surface area contributed by atoms with Gasteiger partial charge in [-0.2, -0.15) is 0 Å². The number of carboxylic acid groups (broad SMARTS) is 1. The number of carbonyl (C=O) groups excluding carboxylic acids is 1. The third kappa shape index (κ3) is 3.35. The number of nitrogens with zero attached hydrogens (tertiary/aromatic N) is 1. The van der Waals surface area contributed by atoms with Crippen molar-refractivity contribution in [3.63, 3.8) is 0 Å². The van der Waals surface area contributed by atoms with Gasteiger partial charge in [-0.05, 0) is 24.3 Å². The molecule has 2 N–H and O–H groups in total. The quantitative estimate of drug-likeness (QED) is 0.785. The van der Waals surface area contributed by atoms with Gasteiger partial charge in [0.2, 0.25) is 0 Å².